The minimum Gasteiger partial charge on any atom is -0.284 e. The summed E-state index contributed by atoms with van der Waals surface area (Å²) in [6.45, 7) is 1.43. The van der Waals surface area contributed by atoms with Gasteiger partial charge < -0.3 is 0 Å². The largest absolute Gasteiger partial charge is 0.284 e. The molecular formula is C21H18FN. The number of fused-ring (bicyclic) bond motifs is 1. The highest BCUT2D eigenvalue weighted by Crippen LogP contribution is 2.36. The smallest absolute Gasteiger partial charge is 0.128 e. The van der Waals surface area contributed by atoms with Gasteiger partial charge in [0, 0.05) is 18.7 Å². The summed E-state index contributed by atoms with van der Waals surface area (Å²) in [7, 11) is 0. The number of hydrogen-bond donors (Lipinski definition) is 0. The van der Waals surface area contributed by atoms with Crippen molar-refractivity contribution in [3.05, 3.63) is 107 Å². The lowest BCUT2D eigenvalue weighted by molar-refractivity contribution is 0.229. The van der Waals surface area contributed by atoms with Gasteiger partial charge in [0.05, 0.1) is 6.04 Å². The number of rotatable bonds is 3. The third kappa shape index (κ3) is 2.66. The first-order valence-corrected chi connectivity index (χ1v) is 7.93. The van der Waals surface area contributed by atoms with E-state index in [1.165, 1.54) is 11.1 Å². The summed E-state index contributed by atoms with van der Waals surface area (Å²) in [6, 6.07) is 26.5. The average Bonchev–Trinajstić information content (AvgIpc) is 3.02. The van der Waals surface area contributed by atoms with E-state index >= 15 is 0 Å². The summed E-state index contributed by atoms with van der Waals surface area (Å²) in [5.74, 6) is -0.0927. The molecule has 0 bridgehead atoms. The van der Waals surface area contributed by atoms with Crippen molar-refractivity contribution in [3.63, 3.8) is 0 Å². The van der Waals surface area contributed by atoms with Crippen molar-refractivity contribution in [2.45, 2.75) is 19.1 Å². The third-order valence-corrected chi connectivity index (χ3v) is 4.55. The highest BCUT2D eigenvalue weighted by Gasteiger charge is 2.29. The molecule has 0 N–H and O–H groups in total. The first-order valence-electron chi connectivity index (χ1n) is 7.93. The van der Waals surface area contributed by atoms with Crippen molar-refractivity contribution in [2.75, 3.05) is 0 Å². The van der Waals surface area contributed by atoms with Crippen LogP contribution in [0.4, 0.5) is 4.39 Å². The Hall–Kier alpha value is -2.45. The van der Waals surface area contributed by atoms with Crippen molar-refractivity contribution in [1.82, 2.24) is 4.90 Å². The molecule has 0 fully saturated rings. The van der Waals surface area contributed by atoms with Gasteiger partial charge in [0.25, 0.3) is 0 Å². The molecule has 114 valence electrons. The summed E-state index contributed by atoms with van der Waals surface area (Å²) in [5, 5.41) is 0. The second-order valence-electron chi connectivity index (χ2n) is 6.01. The van der Waals surface area contributed by atoms with Crippen LogP contribution in [0.25, 0.3) is 0 Å². The third-order valence-electron chi connectivity index (χ3n) is 4.55. The van der Waals surface area contributed by atoms with Gasteiger partial charge in [0.15, 0.2) is 0 Å². The van der Waals surface area contributed by atoms with Crippen LogP contribution in [0.5, 0.6) is 0 Å². The van der Waals surface area contributed by atoms with Crippen molar-refractivity contribution in [1.29, 1.82) is 0 Å². The van der Waals surface area contributed by atoms with E-state index in [4.69, 9.17) is 0 Å². The van der Waals surface area contributed by atoms with E-state index in [1.54, 1.807) is 12.1 Å². The Balaban J connectivity index is 1.75. The van der Waals surface area contributed by atoms with Gasteiger partial charge in [-0.1, -0.05) is 72.8 Å². The molecule has 1 nitrogen and oxygen atoms in total. The lowest BCUT2D eigenvalue weighted by Gasteiger charge is -2.28. The van der Waals surface area contributed by atoms with Gasteiger partial charge in [0.2, 0.25) is 0 Å². The summed E-state index contributed by atoms with van der Waals surface area (Å²) in [4.78, 5) is 2.35. The molecule has 3 aromatic rings. The van der Waals surface area contributed by atoms with E-state index in [-0.39, 0.29) is 11.9 Å². The Labute approximate surface area is 136 Å². The van der Waals surface area contributed by atoms with Gasteiger partial charge in [-0.05, 0) is 22.8 Å². The quantitative estimate of drug-likeness (QED) is 0.663. The second kappa shape index (κ2) is 5.98. The molecule has 4 rings (SSSR count). The van der Waals surface area contributed by atoms with Gasteiger partial charge in [-0.15, -0.1) is 0 Å². The van der Waals surface area contributed by atoms with Gasteiger partial charge >= 0.3 is 0 Å². The first kappa shape index (κ1) is 14.2. The molecule has 1 aliphatic heterocycles. The topological polar surface area (TPSA) is 3.24 Å². The van der Waals surface area contributed by atoms with Crippen LogP contribution in [-0.2, 0) is 13.1 Å². The highest BCUT2D eigenvalue weighted by atomic mass is 19.1. The second-order valence-corrected chi connectivity index (χ2v) is 6.01. The molecular weight excluding hydrogens is 285 g/mol. The number of nitrogens with zero attached hydrogens (tertiary/aromatic N) is 1. The maximum Gasteiger partial charge on any atom is 0.128 e. The first-order chi connectivity index (χ1) is 11.3. The summed E-state index contributed by atoms with van der Waals surface area (Å²) < 4.78 is 14.1. The highest BCUT2D eigenvalue weighted by molar-refractivity contribution is 5.37. The Kier molecular flexibility index (Phi) is 3.68. The molecule has 0 amide bonds. The fourth-order valence-electron chi connectivity index (χ4n) is 3.47. The number of hydrogen-bond acceptors (Lipinski definition) is 1. The Morgan fingerprint density at radius 1 is 0.696 bits per heavy atom. The van der Waals surface area contributed by atoms with Crippen LogP contribution >= 0.6 is 0 Å². The minimum atomic E-state index is -0.0927. The van der Waals surface area contributed by atoms with Gasteiger partial charge in [-0.25, -0.2) is 4.39 Å². The van der Waals surface area contributed by atoms with Crippen LogP contribution in [0, 0.1) is 5.82 Å². The molecule has 0 spiro atoms. The molecule has 23 heavy (non-hydrogen) atoms. The molecule has 1 aliphatic rings. The Morgan fingerprint density at radius 3 is 1.87 bits per heavy atom. The number of halogens is 1. The molecule has 3 aromatic carbocycles. The predicted octanol–water partition coefficient (Wildman–Crippen LogP) is 4.93. The van der Waals surface area contributed by atoms with Gasteiger partial charge in [-0.3, -0.25) is 4.90 Å². The molecule has 0 aromatic heterocycles. The fourth-order valence-corrected chi connectivity index (χ4v) is 3.47. The normalized spacial score (nSPS) is 14.2. The zero-order chi connectivity index (χ0) is 15.6. The number of benzene rings is 3. The van der Waals surface area contributed by atoms with Crippen LogP contribution in [0.15, 0.2) is 78.9 Å². The van der Waals surface area contributed by atoms with Crippen LogP contribution in [-0.4, -0.2) is 4.90 Å². The standard InChI is InChI=1S/C21H18FN/c22-20-13-7-12-18-14-23(15-19(18)20)21(16-8-3-1-4-9-16)17-10-5-2-6-11-17/h1-13,21H,14-15H2. The van der Waals surface area contributed by atoms with Crippen LogP contribution in [0.2, 0.25) is 0 Å². The lowest BCUT2D eigenvalue weighted by Crippen LogP contribution is -2.24. The molecule has 0 unspecified atom stereocenters. The fraction of sp³-hybridized carbons (Fsp3) is 0.143. The molecule has 0 atom stereocenters. The molecule has 0 aliphatic carbocycles. The SMILES string of the molecule is Fc1cccc2c1CN(C(c1ccccc1)c1ccccc1)C2. The van der Waals surface area contributed by atoms with E-state index in [0.717, 1.165) is 17.7 Å². The average molecular weight is 303 g/mol. The molecule has 0 saturated heterocycles. The van der Waals surface area contributed by atoms with Gasteiger partial charge in [-0.2, -0.15) is 0 Å². The summed E-state index contributed by atoms with van der Waals surface area (Å²) in [6.07, 6.45) is 0. The van der Waals surface area contributed by atoms with E-state index in [2.05, 4.69) is 53.4 Å². The Morgan fingerprint density at radius 2 is 1.30 bits per heavy atom. The molecule has 1 heterocycles. The molecule has 2 heteroatoms. The van der Waals surface area contributed by atoms with E-state index in [1.807, 2.05) is 18.2 Å². The van der Waals surface area contributed by atoms with E-state index < -0.39 is 0 Å². The minimum absolute atomic E-state index is 0.0927. The lowest BCUT2D eigenvalue weighted by atomic mass is 9.97. The van der Waals surface area contributed by atoms with Crippen molar-refractivity contribution >= 4 is 0 Å². The van der Waals surface area contributed by atoms with Crippen LogP contribution in [0.1, 0.15) is 28.3 Å². The van der Waals surface area contributed by atoms with Gasteiger partial charge in [0.1, 0.15) is 5.82 Å². The summed E-state index contributed by atoms with van der Waals surface area (Å²) >= 11 is 0. The zero-order valence-electron chi connectivity index (χ0n) is 12.8. The maximum absolute atomic E-state index is 14.1. The Bertz CT molecular complexity index is 759. The van der Waals surface area contributed by atoms with Crippen molar-refractivity contribution in [3.8, 4) is 0 Å². The van der Waals surface area contributed by atoms with Crippen LogP contribution in [0.3, 0.4) is 0 Å². The molecule has 0 saturated carbocycles. The zero-order valence-corrected chi connectivity index (χ0v) is 12.8. The van der Waals surface area contributed by atoms with E-state index in [9.17, 15) is 4.39 Å². The monoisotopic (exact) mass is 303 g/mol. The van der Waals surface area contributed by atoms with Crippen molar-refractivity contribution in [2.24, 2.45) is 0 Å². The van der Waals surface area contributed by atoms with Crippen molar-refractivity contribution < 1.29 is 4.39 Å². The van der Waals surface area contributed by atoms with E-state index in [0.29, 0.717) is 6.54 Å². The molecule has 0 radical (unpaired) electrons. The predicted molar refractivity (Wildman–Crippen MR) is 90.4 cm³/mol. The summed E-state index contributed by atoms with van der Waals surface area (Å²) in [5.41, 5.74) is 4.42. The maximum atomic E-state index is 14.1. The van der Waals surface area contributed by atoms with Crippen LogP contribution < -0.4 is 0 Å².